The van der Waals surface area contributed by atoms with E-state index < -0.39 is 20.7 Å². The van der Waals surface area contributed by atoms with Crippen LogP contribution in [0.1, 0.15) is 0 Å². The van der Waals surface area contributed by atoms with Gasteiger partial charge in [0.05, 0.1) is 10.7 Å². The summed E-state index contributed by atoms with van der Waals surface area (Å²) in [6.07, 6.45) is 2.83. The first-order valence-electron chi connectivity index (χ1n) is 4.87. The van der Waals surface area contributed by atoms with E-state index in [-0.39, 0.29) is 10.7 Å². The zero-order valence-electron chi connectivity index (χ0n) is 8.97. The fourth-order valence-corrected chi connectivity index (χ4v) is 3.03. The molecule has 0 saturated carbocycles. The topological polar surface area (TPSA) is 59.1 Å². The SMILES string of the molecule is O=S(=O)(Nc1ccncc1)c1c(F)cccc1Cl. The second-order valence-corrected chi connectivity index (χ2v) is 5.42. The second kappa shape index (κ2) is 4.91. The summed E-state index contributed by atoms with van der Waals surface area (Å²) in [6.45, 7) is 0. The molecular formula is C11H8ClFN2O2S. The normalized spacial score (nSPS) is 11.2. The van der Waals surface area contributed by atoms with Crippen molar-refractivity contribution in [1.82, 2.24) is 4.98 Å². The molecule has 94 valence electrons. The lowest BCUT2D eigenvalue weighted by atomic mass is 10.3. The number of nitrogens with one attached hydrogen (secondary N) is 1. The number of pyridine rings is 1. The zero-order valence-corrected chi connectivity index (χ0v) is 10.5. The second-order valence-electron chi connectivity index (χ2n) is 3.39. The van der Waals surface area contributed by atoms with Crippen LogP contribution in [0.3, 0.4) is 0 Å². The first kappa shape index (κ1) is 12.8. The Hall–Kier alpha value is -1.66. The highest BCUT2D eigenvalue weighted by atomic mass is 35.5. The van der Waals surface area contributed by atoms with Crippen molar-refractivity contribution in [2.45, 2.75) is 4.90 Å². The molecule has 0 amide bonds. The third-order valence-corrected chi connectivity index (χ3v) is 4.00. The Balaban J connectivity index is 2.44. The number of anilines is 1. The standard InChI is InChI=1S/C11H8ClFN2O2S/c12-9-2-1-3-10(13)11(9)18(16,17)15-8-4-6-14-7-5-8/h1-7H,(H,14,15). The summed E-state index contributed by atoms with van der Waals surface area (Å²) < 4.78 is 39.7. The van der Waals surface area contributed by atoms with E-state index in [1.165, 1.54) is 36.7 Å². The maximum absolute atomic E-state index is 13.5. The number of halogens is 2. The molecule has 0 atom stereocenters. The van der Waals surface area contributed by atoms with E-state index in [0.717, 1.165) is 6.07 Å². The van der Waals surface area contributed by atoms with Gasteiger partial charge in [-0.15, -0.1) is 0 Å². The van der Waals surface area contributed by atoms with Crippen LogP contribution in [0.4, 0.5) is 10.1 Å². The van der Waals surface area contributed by atoms with Crippen molar-refractivity contribution >= 4 is 27.3 Å². The number of aromatic nitrogens is 1. The molecule has 1 aromatic heterocycles. The Morgan fingerprint density at radius 3 is 2.44 bits per heavy atom. The Labute approximate surface area is 108 Å². The van der Waals surface area contributed by atoms with E-state index in [4.69, 9.17) is 11.6 Å². The molecule has 0 aliphatic rings. The van der Waals surface area contributed by atoms with Gasteiger partial charge in [0, 0.05) is 12.4 Å². The molecule has 0 fully saturated rings. The lowest BCUT2D eigenvalue weighted by Gasteiger charge is -2.09. The van der Waals surface area contributed by atoms with Gasteiger partial charge in [-0.2, -0.15) is 0 Å². The van der Waals surface area contributed by atoms with Crippen LogP contribution < -0.4 is 4.72 Å². The minimum absolute atomic E-state index is 0.170. The van der Waals surface area contributed by atoms with Gasteiger partial charge >= 0.3 is 0 Å². The van der Waals surface area contributed by atoms with Crippen molar-refractivity contribution in [1.29, 1.82) is 0 Å². The Bertz CT molecular complexity index is 642. The fourth-order valence-electron chi connectivity index (χ4n) is 1.37. The molecule has 0 aliphatic carbocycles. The summed E-state index contributed by atoms with van der Waals surface area (Å²) in [5.74, 6) is -0.899. The molecule has 4 nitrogen and oxygen atoms in total. The summed E-state index contributed by atoms with van der Waals surface area (Å²) >= 11 is 5.71. The van der Waals surface area contributed by atoms with Crippen molar-refractivity contribution in [3.8, 4) is 0 Å². The number of benzene rings is 1. The molecule has 0 spiro atoms. The molecule has 0 unspecified atom stereocenters. The zero-order chi connectivity index (χ0) is 13.2. The molecule has 0 saturated heterocycles. The first-order chi connectivity index (χ1) is 8.50. The van der Waals surface area contributed by atoms with Gasteiger partial charge in [-0.3, -0.25) is 9.71 Å². The van der Waals surface area contributed by atoms with E-state index >= 15 is 0 Å². The van der Waals surface area contributed by atoms with Crippen LogP contribution in [0.25, 0.3) is 0 Å². The van der Waals surface area contributed by atoms with Crippen molar-refractivity contribution in [2.24, 2.45) is 0 Å². The molecule has 18 heavy (non-hydrogen) atoms. The molecule has 0 bridgehead atoms. The fraction of sp³-hybridized carbons (Fsp3) is 0. The molecule has 0 radical (unpaired) electrons. The average molecular weight is 287 g/mol. The molecule has 1 N–H and O–H groups in total. The van der Waals surface area contributed by atoms with Crippen LogP contribution in [0.5, 0.6) is 0 Å². The molecule has 2 rings (SSSR count). The lowest BCUT2D eigenvalue weighted by Crippen LogP contribution is -2.15. The molecule has 1 aromatic carbocycles. The summed E-state index contributed by atoms with van der Waals surface area (Å²) in [6, 6.07) is 6.58. The molecule has 2 aromatic rings. The van der Waals surface area contributed by atoms with E-state index in [0.29, 0.717) is 0 Å². The molecule has 1 heterocycles. The van der Waals surface area contributed by atoms with Gasteiger partial charge in [0.15, 0.2) is 0 Å². The summed E-state index contributed by atoms with van der Waals surface area (Å²) in [5, 5.41) is -0.170. The predicted molar refractivity (Wildman–Crippen MR) is 66.5 cm³/mol. The summed E-state index contributed by atoms with van der Waals surface area (Å²) in [5.41, 5.74) is 0.282. The summed E-state index contributed by atoms with van der Waals surface area (Å²) in [4.78, 5) is 3.18. The Kier molecular flexibility index (Phi) is 3.49. The molecule has 7 heteroatoms. The van der Waals surface area contributed by atoms with E-state index in [9.17, 15) is 12.8 Å². The largest absolute Gasteiger partial charge is 0.279 e. The van der Waals surface area contributed by atoms with Gasteiger partial charge in [-0.25, -0.2) is 12.8 Å². The number of sulfonamides is 1. The van der Waals surface area contributed by atoms with Crippen LogP contribution >= 0.6 is 11.6 Å². The van der Waals surface area contributed by atoms with E-state index in [2.05, 4.69) is 9.71 Å². The van der Waals surface area contributed by atoms with Crippen LogP contribution in [0.15, 0.2) is 47.6 Å². The van der Waals surface area contributed by atoms with Crippen molar-refractivity contribution in [2.75, 3.05) is 4.72 Å². The van der Waals surface area contributed by atoms with E-state index in [1.54, 1.807) is 0 Å². The highest BCUT2D eigenvalue weighted by Crippen LogP contribution is 2.25. The first-order valence-corrected chi connectivity index (χ1v) is 6.74. The van der Waals surface area contributed by atoms with E-state index in [1.807, 2.05) is 0 Å². The van der Waals surface area contributed by atoms with Gasteiger partial charge in [0.1, 0.15) is 10.7 Å². The quantitative estimate of drug-likeness (QED) is 0.944. The summed E-state index contributed by atoms with van der Waals surface area (Å²) in [7, 11) is -4.06. The third-order valence-electron chi connectivity index (χ3n) is 2.12. The predicted octanol–water partition coefficient (Wildman–Crippen LogP) is 2.67. The minimum atomic E-state index is -4.06. The van der Waals surface area contributed by atoms with Crippen LogP contribution in [0, 0.1) is 5.82 Å². The number of hydrogen-bond donors (Lipinski definition) is 1. The van der Waals surface area contributed by atoms with Crippen LogP contribution in [-0.2, 0) is 10.0 Å². The number of hydrogen-bond acceptors (Lipinski definition) is 3. The third kappa shape index (κ3) is 2.60. The van der Waals surface area contributed by atoms with Crippen LogP contribution in [-0.4, -0.2) is 13.4 Å². The maximum Gasteiger partial charge on any atom is 0.266 e. The van der Waals surface area contributed by atoms with Gasteiger partial charge in [-0.1, -0.05) is 17.7 Å². The maximum atomic E-state index is 13.5. The Morgan fingerprint density at radius 2 is 1.83 bits per heavy atom. The van der Waals surface area contributed by atoms with Crippen LogP contribution in [0.2, 0.25) is 5.02 Å². The van der Waals surface area contributed by atoms with Crippen molar-refractivity contribution in [3.05, 3.63) is 53.6 Å². The molecular weight excluding hydrogens is 279 g/mol. The lowest BCUT2D eigenvalue weighted by molar-refractivity contribution is 0.570. The Morgan fingerprint density at radius 1 is 1.17 bits per heavy atom. The highest BCUT2D eigenvalue weighted by molar-refractivity contribution is 7.92. The average Bonchev–Trinajstić information content (AvgIpc) is 2.28. The monoisotopic (exact) mass is 286 g/mol. The highest BCUT2D eigenvalue weighted by Gasteiger charge is 2.22. The minimum Gasteiger partial charge on any atom is -0.279 e. The van der Waals surface area contributed by atoms with Crippen molar-refractivity contribution in [3.63, 3.8) is 0 Å². The van der Waals surface area contributed by atoms with Gasteiger partial charge in [-0.05, 0) is 24.3 Å². The molecule has 0 aliphatic heterocycles. The van der Waals surface area contributed by atoms with Gasteiger partial charge < -0.3 is 0 Å². The number of nitrogens with zero attached hydrogens (tertiary/aromatic N) is 1. The van der Waals surface area contributed by atoms with Gasteiger partial charge in [0.2, 0.25) is 0 Å². The van der Waals surface area contributed by atoms with Crippen molar-refractivity contribution < 1.29 is 12.8 Å². The number of rotatable bonds is 3. The van der Waals surface area contributed by atoms with Gasteiger partial charge in [0.25, 0.3) is 10.0 Å². The smallest absolute Gasteiger partial charge is 0.266 e.